The summed E-state index contributed by atoms with van der Waals surface area (Å²) < 4.78 is 0. The molecule has 0 saturated carbocycles. The number of rotatable bonds is 6. The van der Waals surface area contributed by atoms with Gasteiger partial charge in [0.1, 0.15) is 5.82 Å². The van der Waals surface area contributed by atoms with E-state index in [0.717, 1.165) is 31.4 Å². The van der Waals surface area contributed by atoms with E-state index in [4.69, 9.17) is 0 Å². The second-order valence-electron chi connectivity index (χ2n) is 6.60. The van der Waals surface area contributed by atoms with Gasteiger partial charge in [-0.25, -0.2) is 4.98 Å². The molecule has 1 aromatic heterocycles. The van der Waals surface area contributed by atoms with Crippen molar-refractivity contribution in [3.63, 3.8) is 0 Å². The number of carbonyl (C=O) groups is 1. The fourth-order valence-corrected chi connectivity index (χ4v) is 4.08. The maximum absolute atomic E-state index is 12.8. The lowest BCUT2D eigenvalue weighted by atomic mass is 10.00. The molecule has 1 aliphatic rings. The molecular weight excluding hydrogens is 344 g/mol. The molecule has 1 fully saturated rings. The second-order valence-corrected chi connectivity index (χ2v) is 7.90. The SMILES string of the molecule is CCC1CCCCN1C(=O)C(C)Sc1n[nH]c(/C=C/c2ccccc2)n1. The number of nitrogens with zero attached hydrogens (tertiary/aromatic N) is 3. The smallest absolute Gasteiger partial charge is 0.236 e. The van der Waals surface area contributed by atoms with Gasteiger partial charge in [0.15, 0.2) is 0 Å². The maximum atomic E-state index is 12.8. The molecule has 2 heterocycles. The van der Waals surface area contributed by atoms with Crippen LogP contribution < -0.4 is 0 Å². The molecule has 1 saturated heterocycles. The molecule has 5 nitrogen and oxygen atoms in total. The molecule has 1 aliphatic heterocycles. The van der Waals surface area contributed by atoms with Crippen molar-refractivity contribution in [2.75, 3.05) is 6.54 Å². The van der Waals surface area contributed by atoms with Gasteiger partial charge in [-0.05, 0) is 44.2 Å². The standard InChI is InChI=1S/C20H26N4OS/c1-3-17-11-7-8-14-24(17)19(25)15(2)26-20-21-18(22-23-20)13-12-16-9-5-4-6-10-16/h4-6,9-10,12-13,15,17H,3,7-8,11,14H2,1-2H3,(H,21,22,23)/b13-12+. The topological polar surface area (TPSA) is 61.9 Å². The molecule has 3 rings (SSSR count). The third-order valence-electron chi connectivity index (χ3n) is 4.73. The van der Waals surface area contributed by atoms with E-state index in [1.54, 1.807) is 0 Å². The lowest BCUT2D eigenvalue weighted by Crippen LogP contribution is -2.46. The molecule has 2 atom stereocenters. The highest BCUT2D eigenvalue weighted by atomic mass is 32.2. The van der Waals surface area contributed by atoms with E-state index in [9.17, 15) is 4.79 Å². The van der Waals surface area contributed by atoms with E-state index in [-0.39, 0.29) is 11.2 Å². The van der Waals surface area contributed by atoms with Gasteiger partial charge in [0, 0.05) is 12.6 Å². The molecule has 2 aromatic rings. The Morgan fingerprint density at radius 3 is 2.92 bits per heavy atom. The van der Waals surface area contributed by atoms with Crippen molar-refractivity contribution >= 4 is 29.8 Å². The summed E-state index contributed by atoms with van der Waals surface area (Å²) >= 11 is 1.42. The van der Waals surface area contributed by atoms with E-state index in [1.807, 2.05) is 49.4 Å². The Kier molecular flexibility index (Phi) is 6.50. The van der Waals surface area contributed by atoms with Gasteiger partial charge < -0.3 is 4.90 Å². The number of benzene rings is 1. The zero-order valence-electron chi connectivity index (χ0n) is 15.4. The van der Waals surface area contributed by atoms with Crippen LogP contribution >= 0.6 is 11.8 Å². The van der Waals surface area contributed by atoms with Gasteiger partial charge in [0.2, 0.25) is 11.1 Å². The monoisotopic (exact) mass is 370 g/mol. The molecule has 6 heteroatoms. The van der Waals surface area contributed by atoms with Crippen LogP contribution in [0.3, 0.4) is 0 Å². The Labute approximate surface area is 159 Å². The van der Waals surface area contributed by atoms with Crippen LogP contribution in [0, 0.1) is 0 Å². The first-order valence-corrected chi connectivity index (χ1v) is 10.2. The maximum Gasteiger partial charge on any atom is 0.236 e. The van der Waals surface area contributed by atoms with Crippen molar-refractivity contribution in [2.24, 2.45) is 0 Å². The van der Waals surface area contributed by atoms with Crippen molar-refractivity contribution in [2.45, 2.75) is 56.0 Å². The Balaban J connectivity index is 1.59. The highest BCUT2D eigenvalue weighted by molar-refractivity contribution is 8.00. The lowest BCUT2D eigenvalue weighted by molar-refractivity contribution is -0.134. The number of aromatic amines is 1. The van der Waals surface area contributed by atoms with Crippen LogP contribution in [0.1, 0.15) is 50.9 Å². The molecule has 0 spiro atoms. The molecule has 26 heavy (non-hydrogen) atoms. The lowest BCUT2D eigenvalue weighted by Gasteiger charge is -2.36. The first-order valence-electron chi connectivity index (χ1n) is 9.30. The van der Waals surface area contributed by atoms with Crippen molar-refractivity contribution in [3.05, 3.63) is 41.7 Å². The average Bonchev–Trinajstić information content (AvgIpc) is 3.13. The molecule has 1 amide bonds. The van der Waals surface area contributed by atoms with Crippen molar-refractivity contribution in [1.29, 1.82) is 0 Å². The predicted octanol–water partition coefficient (Wildman–Crippen LogP) is 4.25. The highest BCUT2D eigenvalue weighted by Crippen LogP contribution is 2.26. The molecule has 0 radical (unpaired) electrons. The van der Waals surface area contributed by atoms with Gasteiger partial charge in [-0.1, -0.05) is 55.1 Å². The molecule has 2 unspecified atom stereocenters. The third kappa shape index (κ3) is 4.75. The molecule has 0 aliphatic carbocycles. The number of piperidine rings is 1. The number of nitrogens with one attached hydrogen (secondary N) is 1. The number of hydrogen-bond acceptors (Lipinski definition) is 4. The first kappa shape index (κ1) is 18.7. The number of carbonyl (C=O) groups excluding carboxylic acids is 1. The third-order valence-corrected chi connectivity index (χ3v) is 5.68. The number of aromatic nitrogens is 3. The highest BCUT2D eigenvalue weighted by Gasteiger charge is 2.29. The van der Waals surface area contributed by atoms with Crippen LogP contribution in [0.2, 0.25) is 0 Å². The summed E-state index contributed by atoms with van der Waals surface area (Å²) in [7, 11) is 0. The van der Waals surface area contributed by atoms with E-state index in [2.05, 4.69) is 27.0 Å². The van der Waals surface area contributed by atoms with Crippen LogP contribution in [0.15, 0.2) is 35.5 Å². The van der Waals surface area contributed by atoms with Crippen LogP contribution in [-0.2, 0) is 4.79 Å². The normalized spacial score (nSPS) is 19.0. The Bertz CT molecular complexity index is 743. The van der Waals surface area contributed by atoms with E-state index >= 15 is 0 Å². The predicted molar refractivity (Wildman–Crippen MR) is 107 cm³/mol. The van der Waals surface area contributed by atoms with Crippen molar-refractivity contribution in [1.82, 2.24) is 20.1 Å². The van der Waals surface area contributed by atoms with E-state index in [1.165, 1.54) is 18.2 Å². The molecule has 1 aromatic carbocycles. The molecular formula is C20H26N4OS. The summed E-state index contributed by atoms with van der Waals surface area (Å²) in [5.74, 6) is 0.896. The van der Waals surface area contributed by atoms with Gasteiger partial charge >= 0.3 is 0 Å². The van der Waals surface area contributed by atoms with Gasteiger partial charge in [0.05, 0.1) is 5.25 Å². The van der Waals surface area contributed by atoms with Crippen LogP contribution in [-0.4, -0.2) is 43.8 Å². The summed E-state index contributed by atoms with van der Waals surface area (Å²) in [4.78, 5) is 19.3. The summed E-state index contributed by atoms with van der Waals surface area (Å²) in [5.41, 5.74) is 1.11. The number of likely N-dealkylation sites (tertiary alicyclic amines) is 1. The van der Waals surface area contributed by atoms with Gasteiger partial charge in [-0.15, -0.1) is 5.10 Å². The Hall–Kier alpha value is -2.08. The quantitative estimate of drug-likeness (QED) is 0.772. The minimum atomic E-state index is -0.177. The first-order chi connectivity index (χ1) is 12.7. The number of amides is 1. The number of H-pyrrole nitrogens is 1. The van der Waals surface area contributed by atoms with Gasteiger partial charge in [-0.2, -0.15) is 0 Å². The summed E-state index contributed by atoms with van der Waals surface area (Å²) in [6.45, 7) is 4.99. The van der Waals surface area contributed by atoms with Crippen LogP contribution in [0.25, 0.3) is 12.2 Å². The zero-order chi connectivity index (χ0) is 18.4. The van der Waals surface area contributed by atoms with Gasteiger partial charge in [-0.3, -0.25) is 9.89 Å². The van der Waals surface area contributed by atoms with Gasteiger partial charge in [0.25, 0.3) is 0 Å². The fraction of sp³-hybridized carbons (Fsp3) is 0.450. The van der Waals surface area contributed by atoms with Crippen molar-refractivity contribution in [3.8, 4) is 0 Å². The summed E-state index contributed by atoms with van der Waals surface area (Å²) in [6, 6.07) is 10.4. The number of thioether (sulfide) groups is 1. The van der Waals surface area contributed by atoms with E-state index in [0.29, 0.717) is 17.0 Å². The largest absolute Gasteiger partial charge is 0.339 e. The Morgan fingerprint density at radius 1 is 1.35 bits per heavy atom. The second kappa shape index (κ2) is 9.03. The van der Waals surface area contributed by atoms with Crippen LogP contribution in [0.4, 0.5) is 0 Å². The minimum Gasteiger partial charge on any atom is -0.339 e. The van der Waals surface area contributed by atoms with Crippen molar-refractivity contribution < 1.29 is 4.79 Å². The molecule has 0 bridgehead atoms. The number of hydrogen-bond donors (Lipinski definition) is 1. The molecule has 138 valence electrons. The van der Waals surface area contributed by atoms with Crippen LogP contribution in [0.5, 0.6) is 0 Å². The zero-order valence-corrected chi connectivity index (χ0v) is 16.2. The summed E-state index contributed by atoms with van der Waals surface area (Å²) in [5, 5.41) is 7.60. The average molecular weight is 371 g/mol. The fourth-order valence-electron chi connectivity index (χ4n) is 3.28. The Morgan fingerprint density at radius 2 is 2.15 bits per heavy atom. The summed E-state index contributed by atoms with van der Waals surface area (Å²) in [6.07, 6.45) is 8.36. The van der Waals surface area contributed by atoms with E-state index < -0.39 is 0 Å². The molecule has 1 N–H and O–H groups in total. The minimum absolute atomic E-state index is 0.177.